The van der Waals surface area contributed by atoms with Gasteiger partial charge >= 0.3 is 0 Å². The lowest BCUT2D eigenvalue weighted by atomic mass is 10.1. The first kappa shape index (κ1) is 20.5. The van der Waals surface area contributed by atoms with Crippen molar-refractivity contribution >= 4 is 18.3 Å². The highest BCUT2D eigenvalue weighted by Gasteiger charge is 2.15. The fourth-order valence-electron chi connectivity index (χ4n) is 1.98. The van der Waals surface area contributed by atoms with Gasteiger partial charge in [-0.3, -0.25) is 4.79 Å². The van der Waals surface area contributed by atoms with Crippen molar-refractivity contribution in [3.63, 3.8) is 0 Å². The van der Waals surface area contributed by atoms with Crippen LogP contribution in [0.5, 0.6) is 11.5 Å². The Kier molecular flexibility index (Phi) is 9.56. The third-order valence-corrected chi connectivity index (χ3v) is 3.29. The Labute approximate surface area is 137 Å². The molecule has 22 heavy (non-hydrogen) atoms. The van der Waals surface area contributed by atoms with Gasteiger partial charge in [-0.15, -0.1) is 12.4 Å². The van der Waals surface area contributed by atoms with Gasteiger partial charge in [0.25, 0.3) is 0 Å². The van der Waals surface area contributed by atoms with Crippen LogP contribution >= 0.6 is 12.4 Å². The zero-order chi connectivity index (χ0) is 15.8. The molecule has 1 aromatic rings. The Balaban J connectivity index is 0.00000441. The molecule has 0 aliphatic carbocycles. The highest BCUT2D eigenvalue weighted by atomic mass is 35.5. The van der Waals surface area contributed by atoms with Crippen molar-refractivity contribution in [1.82, 2.24) is 5.32 Å². The fourth-order valence-corrected chi connectivity index (χ4v) is 1.98. The number of nitrogens with two attached hydrogens (primary N) is 1. The van der Waals surface area contributed by atoms with Gasteiger partial charge in [0.15, 0.2) is 11.5 Å². The summed E-state index contributed by atoms with van der Waals surface area (Å²) in [7, 11) is 4.71. The molecule has 0 aliphatic rings. The van der Waals surface area contributed by atoms with Gasteiger partial charge in [0.1, 0.15) is 0 Å². The summed E-state index contributed by atoms with van der Waals surface area (Å²) < 4.78 is 15.5. The van der Waals surface area contributed by atoms with Crippen molar-refractivity contribution in [2.75, 3.05) is 27.9 Å². The highest BCUT2D eigenvalue weighted by Crippen LogP contribution is 2.29. The minimum atomic E-state index is -0.261. The first-order valence-electron chi connectivity index (χ1n) is 6.79. The summed E-state index contributed by atoms with van der Waals surface area (Å²) in [5.41, 5.74) is 6.44. The van der Waals surface area contributed by atoms with Gasteiger partial charge in [0, 0.05) is 13.7 Å². The molecule has 2 atom stereocenters. The molecule has 2 unspecified atom stereocenters. The average molecular weight is 333 g/mol. The van der Waals surface area contributed by atoms with Crippen LogP contribution < -0.4 is 20.5 Å². The van der Waals surface area contributed by atoms with E-state index >= 15 is 0 Å². The van der Waals surface area contributed by atoms with Gasteiger partial charge in [-0.05, 0) is 24.6 Å². The number of amides is 1. The molecule has 126 valence electrons. The van der Waals surface area contributed by atoms with E-state index in [1.165, 1.54) is 0 Å². The number of halogens is 1. The molecular formula is C15H25ClN2O4. The van der Waals surface area contributed by atoms with Crippen LogP contribution in [0.2, 0.25) is 0 Å². The predicted molar refractivity (Wildman–Crippen MR) is 87.8 cm³/mol. The molecule has 6 nitrogen and oxygen atoms in total. The molecule has 0 bridgehead atoms. The molecule has 0 aromatic heterocycles. The maximum Gasteiger partial charge on any atom is 0.223 e. The molecule has 0 saturated heterocycles. The van der Waals surface area contributed by atoms with E-state index in [4.69, 9.17) is 19.9 Å². The normalized spacial score (nSPS) is 12.8. The van der Waals surface area contributed by atoms with Gasteiger partial charge in [-0.25, -0.2) is 0 Å². The number of ether oxygens (including phenoxy) is 3. The maximum atomic E-state index is 11.9. The summed E-state index contributed by atoms with van der Waals surface area (Å²) in [4.78, 5) is 11.9. The predicted octanol–water partition coefficient (Wildman–Crippen LogP) is 1.67. The molecule has 1 aromatic carbocycles. The number of carbonyl (C=O) groups is 1. The summed E-state index contributed by atoms with van der Waals surface area (Å²) in [6.07, 6.45) is -0.0208. The van der Waals surface area contributed by atoms with Crippen molar-refractivity contribution in [3.05, 3.63) is 23.8 Å². The van der Waals surface area contributed by atoms with Crippen LogP contribution in [0.1, 0.15) is 24.9 Å². The lowest BCUT2D eigenvalue weighted by molar-refractivity contribution is -0.124. The maximum absolute atomic E-state index is 11.9. The van der Waals surface area contributed by atoms with Gasteiger partial charge in [0.05, 0.1) is 32.8 Å². The van der Waals surface area contributed by atoms with E-state index in [1.807, 2.05) is 25.1 Å². The Morgan fingerprint density at radius 1 is 1.23 bits per heavy atom. The molecule has 0 spiro atoms. The van der Waals surface area contributed by atoms with Crippen LogP contribution in [0.25, 0.3) is 0 Å². The quantitative estimate of drug-likeness (QED) is 0.756. The lowest BCUT2D eigenvalue weighted by Crippen LogP contribution is -2.33. The molecule has 0 radical (unpaired) electrons. The van der Waals surface area contributed by atoms with Gasteiger partial charge in [0.2, 0.25) is 5.91 Å². The number of hydrogen-bond donors (Lipinski definition) is 2. The van der Waals surface area contributed by atoms with Crippen LogP contribution in [-0.2, 0) is 9.53 Å². The molecule has 0 aliphatic heterocycles. The van der Waals surface area contributed by atoms with Crippen molar-refractivity contribution in [1.29, 1.82) is 0 Å². The molecule has 1 rings (SSSR count). The Morgan fingerprint density at radius 2 is 1.86 bits per heavy atom. The monoisotopic (exact) mass is 332 g/mol. The van der Waals surface area contributed by atoms with E-state index in [0.29, 0.717) is 18.0 Å². The number of methoxy groups -OCH3 is 3. The zero-order valence-electron chi connectivity index (χ0n) is 13.4. The average Bonchev–Trinajstić information content (AvgIpc) is 2.51. The second kappa shape index (κ2) is 10.3. The summed E-state index contributed by atoms with van der Waals surface area (Å²) in [6, 6.07) is 5.41. The third-order valence-electron chi connectivity index (χ3n) is 3.29. The Bertz CT molecular complexity index is 467. The van der Waals surface area contributed by atoms with E-state index < -0.39 is 0 Å². The van der Waals surface area contributed by atoms with Gasteiger partial charge in [-0.1, -0.05) is 6.07 Å². The van der Waals surface area contributed by atoms with E-state index in [0.717, 1.165) is 5.56 Å². The van der Waals surface area contributed by atoms with Crippen LogP contribution in [-0.4, -0.2) is 39.9 Å². The van der Waals surface area contributed by atoms with Crippen molar-refractivity contribution in [2.45, 2.75) is 25.5 Å². The summed E-state index contributed by atoms with van der Waals surface area (Å²) in [6.45, 7) is 2.22. The van der Waals surface area contributed by atoms with Crippen molar-refractivity contribution in [3.8, 4) is 11.5 Å². The SMILES string of the molecule is COc1ccc(C(C)NC(=O)CC(CN)OC)cc1OC.Cl. The smallest absolute Gasteiger partial charge is 0.223 e. The summed E-state index contributed by atoms with van der Waals surface area (Å²) in [5, 5.41) is 2.91. The second-order valence-corrected chi connectivity index (χ2v) is 4.70. The number of carbonyl (C=O) groups excluding carboxylic acids is 1. The molecular weight excluding hydrogens is 308 g/mol. The number of nitrogens with one attached hydrogen (secondary N) is 1. The first-order valence-corrected chi connectivity index (χ1v) is 6.79. The molecule has 3 N–H and O–H groups in total. The molecule has 0 heterocycles. The Hall–Kier alpha value is -1.50. The minimum Gasteiger partial charge on any atom is -0.493 e. The van der Waals surface area contributed by atoms with E-state index in [2.05, 4.69) is 5.32 Å². The van der Waals surface area contributed by atoms with Crippen LogP contribution in [0.15, 0.2) is 18.2 Å². The van der Waals surface area contributed by atoms with Crippen LogP contribution in [0, 0.1) is 0 Å². The summed E-state index contributed by atoms with van der Waals surface area (Å²) >= 11 is 0. The molecule has 0 fully saturated rings. The molecule has 1 amide bonds. The summed E-state index contributed by atoms with van der Waals surface area (Å²) in [5.74, 6) is 1.18. The number of benzene rings is 1. The van der Waals surface area contributed by atoms with Crippen LogP contribution in [0.4, 0.5) is 0 Å². The fraction of sp³-hybridized carbons (Fsp3) is 0.533. The number of hydrogen-bond acceptors (Lipinski definition) is 5. The topological polar surface area (TPSA) is 82.8 Å². The minimum absolute atomic E-state index is 0. The zero-order valence-corrected chi connectivity index (χ0v) is 14.2. The lowest BCUT2D eigenvalue weighted by Gasteiger charge is -2.18. The third kappa shape index (κ3) is 5.71. The van der Waals surface area contributed by atoms with E-state index in [9.17, 15) is 4.79 Å². The second-order valence-electron chi connectivity index (χ2n) is 4.70. The number of rotatable bonds is 8. The standard InChI is InChI=1S/C15H24N2O4.ClH/c1-10(17-15(18)8-12(9-16)19-2)11-5-6-13(20-3)14(7-11)21-4;/h5-7,10,12H,8-9,16H2,1-4H3,(H,17,18);1H. The highest BCUT2D eigenvalue weighted by molar-refractivity contribution is 5.85. The first-order chi connectivity index (χ1) is 10.0. The van der Waals surface area contributed by atoms with E-state index in [1.54, 1.807) is 21.3 Å². The molecule has 0 saturated carbocycles. The van der Waals surface area contributed by atoms with Gasteiger partial charge in [-0.2, -0.15) is 0 Å². The van der Waals surface area contributed by atoms with E-state index in [-0.39, 0.29) is 36.9 Å². The molecule has 7 heteroatoms. The van der Waals surface area contributed by atoms with Crippen molar-refractivity contribution < 1.29 is 19.0 Å². The van der Waals surface area contributed by atoms with Gasteiger partial charge < -0.3 is 25.3 Å². The van der Waals surface area contributed by atoms with Crippen LogP contribution in [0.3, 0.4) is 0 Å². The van der Waals surface area contributed by atoms with Crippen molar-refractivity contribution in [2.24, 2.45) is 5.73 Å². The largest absolute Gasteiger partial charge is 0.493 e. The Morgan fingerprint density at radius 3 is 2.36 bits per heavy atom.